The smallest absolute Gasteiger partial charge is 0.0244 e. The zero-order valence-corrected chi connectivity index (χ0v) is 12.2. The van der Waals surface area contributed by atoms with Crippen LogP contribution in [0, 0.1) is 29.1 Å². The Morgan fingerprint density at radius 3 is 2.33 bits per heavy atom. The topological polar surface area (TPSA) is 15.3 Å². The van der Waals surface area contributed by atoms with E-state index in [-0.39, 0.29) is 0 Å². The van der Waals surface area contributed by atoms with Gasteiger partial charge in [-0.05, 0) is 48.3 Å². The second-order valence-electron chi connectivity index (χ2n) is 8.35. The normalized spacial score (nSPS) is 51.5. The predicted molar refractivity (Wildman–Crippen MR) is 74.4 cm³/mol. The fourth-order valence-corrected chi connectivity index (χ4v) is 5.39. The number of piperazine rings is 1. The molecular weight excluding hydrogens is 220 g/mol. The summed E-state index contributed by atoms with van der Waals surface area (Å²) >= 11 is 0. The van der Waals surface area contributed by atoms with Gasteiger partial charge in [0.1, 0.15) is 0 Å². The lowest BCUT2D eigenvalue weighted by Crippen LogP contribution is -2.56. The maximum atomic E-state index is 3.73. The van der Waals surface area contributed by atoms with Crippen molar-refractivity contribution in [2.75, 3.05) is 19.6 Å². The first-order valence-electron chi connectivity index (χ1n) is 8.03. The summed E-state index contributed by atoms with van der Waals surface area (Å²) in [5.41, 5.74) is 0.404. The molecule has 0 aromatic carbocycles. The molecule has 1 heterocycles. The van der Waals surface area contributed by atoms with Crippen LogP contribution in [-0.2, 0) is 0 Å². The molecule has 4 fully saturated rings. The first-order chi connectivity index (χ1) is 8.55. The van der Waals surface area contributed by atoms with Crippen molar-refractivity contribution in [3.8, 4) is 0 Å². The summed E-state index contributed by atoms with van der Waals surface area (Å²) in [4.78, 5) is 2.85. The Labute approximate surface area is 111 Å². The van der Waals surface area contributed by atoms with Crippen LogP contribution >= 0.6 is 0 Å². The lowest BCUT2D eigenvalue weighted by atomic mass is 9.85. The van der Waals surface area contributed by atoms with Crippen molar-refractivity contribution >= 4 is 0 Å². The summed E-state index contributed by atoms with van der Waals surface area (Å²) in [6, 6.07) is 1.67. The molecule has 1 aliphatic heterocycles. The van der Waals surface area contributed by atoms with Gasteiger partial charge in [0.15, 0.2) is 0 Å². The fraction of sp³-hybridized carbons (Fsp3) is 1.00. The third kappa shape index (κ3) is 1.61. The minimum Gasteiger partial charge on any atom is -0.311 e. The highest BCUT2D eigenvalue weighted by Crippen LogP contribution is 2.67. The van der Waals surface area contributed by atoms with Gasteiger partial charge < -0.3 is 5.32 Å². The van der Waals surface area contributed by atoms with E-state index < -0.39 is 0 Å². The van der Waals surface area contributed by atoms with Gasteiger partial charge in [0.2, 0.25) is 0 Å². The minimum absolute atomic E-state index is 0.404. The van der Waals surface area contributed by atoms with Crippen molar-refractivity contribution in [1.82, 2.24) is 10.2 Å². The molecule has 3 aliphatic carbocycles. The summed E-state index contributed by atoms with van der Waals surface area (Å²) in [5, 5.41) is 3.73. The van der Waals surface area contributed by atoms with Gasteiger partial charge in [-0.3, -0.25) is 4.90 Å². The molecule has 4 aliphatic rings. The van der Waals surface area contributed by atoms with Crippen LogP contribution in [0.2, 0.25) is 0 Å². The van der Waals surface area contributed by atoms with E-state index in [2.05, 4.69) is 31.0 Å². The van der Waals surface area contributed by atoms with Crippen molar-refractivity contribution in [3.63, 3.8) is 0 Å². The standard InChI is InChI=1S/C16H28N2/c1-16(2,3)12-9-18(7-6-17-12)15-13-10-4-5-11(8-10)14(13)15/h10-15,17H,4-9H2,1-3H3. The molecule has 0 amide bonds. The molecule has 4 rings (SSSR count). The Morgan fingerprint density at radius 2 is 1.72 bits per heavy atom. The molecule has 102 valence electrons. The molecule has 5 atom stereocenters. The van der Waals surface area contributed by atoms with Crippen LogP contribution in [0.4, 0.5) is 0 Å². The third-order valence-corrected chi connectivity index (χ3v) is 6.37. The van der Waals surface area contributed by atoms with E-state index in [9.17, 15) is 0 Å². The summed E-state index contributed by atoms with van der Waals surface area (Å²) in [7, 11) is 0. The van der Waals surface area contributed by atoms with Gasteiger partial charge >= 0.3 is 0 Å². The number of hydrogen-bond acceptors (Lipinski definition) is 2. The maximum Gasteiger partial charge on any atom is 0.0244 e. The highest BCUT2D eigenvalue weighted by molar-refractivity contribution is 5.18. The van der Waals surface area contributed by atoms with Gasteiger partial charge in [-0.2, -0.15) is 0 Å². The van der Waals surface area contributed by atoms with E-state index in [0.717, 1.165) is 29.7 Å². The zero-order valence-electron chi connectivity index (χ0n) is 12.2. The molecular formula is C16H28N2. The van der Waals surface area contributed by atoms with Gasteiger partial charge in [-0.15, -0.1) is 0 Å². The van der Waals surface area contributed by atoms with Crippen LogP contribution in [0.5, 0.6) is 0 Å². The number of fused-ring (bicyclic) bond motifs is 5. The van der Waals surface area contributed by atoms with Crippen molar-refractivity contribution in [2.24, 2.45) is 29.1 Å². The Kier molecular flexibility index (Phi) is 2.43. The van der Waals surface area contributed by atoms with E-state index in [1.807, 2.05) is 0 Å². The molecule has 5 unspecified atom stereocenters. The lowest BCUT2D eigenvalue weighted by Gasteiger charge is -2.41. The SMILES string of the molecule is CC(C)(C)C1CN(C2C3C4CCC(C4)C32)CCN1. The second-order valence-corrected chi connectivity index (χ2v) is 8.35. The summed E-state index contributed by atoms with van der Waals surface area (Å²) in [5.74, 6) is 4.46. The summed E-state index contributed by atoms with van der Waals surface area (Å²) < 4.78 is 0. The molecule has 2 nitrogen and oxygen atoms in total. The molecule has 2 heteroatoms. The van der Waals surface area contributed by atoms with Gasteiger partial charge in [0, 0.05) is 31.7 Å². The fourth-order valence-electron chi connectivity index (χ4n) is 5.39. The maximum absolute atomic E-state index is 3.73. The van der Waals surface area contributed by atoms with Crippen LogP contribution in [0.1, 0.15) is 40.0 Å². The molecule has 0 aromatic heterocycles. The van der Waals surface area contributed by atoms with Gasteiger partial charge in [-0.25, -0.2) is 0 Å². The van der Waals surface area contributed by atoms with Crippen LogP contribution in [0.3, 0.4) is 0 Å². The number of nitrogens with zero attached hydrogens (tertiary/aromatic N) is 1. The van der Waals surface area contributed by atoms with E-state index in [4.69, 9.17) is 0 Å². The average molecular weight is 248 g/mol. The lowest BCUT2D eigenvalue weighted by molar-refractivity contribution is 0.113. The van der Waals surface area contributed by atoms with E-state index in [1.165, 1.54) is 19.6 Å². The van der Waals surface area contributed by atoms with Crippen LogP contribution in [0.25, 0.3) is 0 Å². The molecule has 3 saturated carbocycles. The Hall–Kier alpha value is -0.0800. The Bertz CT molecular complexity index is 329. The molecule has 0 aromatic rings. The first kappa shape index (κ1) is 11.7. The highest BCUT2D eigenvalue weighted by Gasteiger charge is 2.66. The highest BCUT2D eigenvalue weighted by atomic mass is 15.3. The summed E-state index contributed by atoms with van der Waals surface area (Å²) in [6.07, 6.45) is 4.69. The Morgan fingerprint density at radius 1 is 1.06 bits per heavy atom. The number of hydrogen-bond donors (Lipinski definition) is 1. The second kappa shape index (κ2) is 3.73. The number of rotatable bonds is 1. The monoisotopic (exact) mass is 248 g/mol. The van der Waals surface area contributed by atoms with E-state index in [0.29, 0.717) is 11.5 Å². The van der Waals surface area contributed by atoms with Crippen molar-refractivity contribution in [2.45, 2.75) is 52.1 Å². The van der Waals surface area contributed by atoms with Crippen molar-refractivity contribution < 1.29 is 0 Å². The molecule has 18 heavy (non-hydrogen) atoms. The molecule has 0 spiro atoms. The predicted octanol–water partition coefficient (Wildman–Crippen LogP) is 2.35. The average Bonchev–Trinajstić information content (AvgIpc) is 2.77. The first-order valence-corrected chi connectivity index (χ1v) is 8.03. The quantitative estimate of drug-likeness (QED) is 0.766. The molecule has 0 radical (unpaired) electrons. The minimum atomic E-state index is 0.404. The van der Waals surface area contributed by atoms with Crippen molar-refractivity contribution in [3.05, 3.63) is 0 Å². The summed E-state index contributed by atoms with van der Waals surface area (Å²) in [6.45, 7) is 10.9. The largest absolute Gasteiger partial charge is 0.311 e. The van der Waals surface area contributed by atoms with E-state index >= 15 is 0 Å². The van der Waals surface area contributed by atoms with E-state index in [1.54, 1.807) is 19.3 Å². The molecule has 1 saturated heterocycles. The van der Waals surface area contributed by atoms with Crippen LogP contribution in [0.15, 0.2) is 0 Å². The van der Waals surface area contributed by atoms with Crippen LogP contribution < -0.4 is 5.32 Å². The van der Waals surface area contributed by atoms with Crippen LogP contribution in [-0.4, -0.2) is 36.6 Å². The zero-order chi connectivity index (χ0) is 12.5. The molecule has 2 bridgehead atoms. The van der Waals surface area contributed by atoms with Gasteiger partial charge in [0.05, 0.1) is 0 Å². The van der Waals surface area contributed by atoms with Crippen molar-refractivity contribution in [1.29, 1.82) is 0 Å². The third-order valence-electron chi connectivity index (χ3n) is 6.37. The van der Waals surface area contributed by atoms with Gasteiger partial charge in [-0.1, -0.05) is 20.8 Å². The molecule has 1 N–H and O–H groups in total. The number of nitrogens with one attached hydrogen (secondary N) is 1. The van der Waals surface area contributed by atoms with Gasteiger partial charge in [0.25, 0.3) is 0 Å². The Balaban J connectivity index is 1.44.